The summed E-state index contributed by atoms with van der Waals surface area (Å²) >= 11 is 1.14. The quantitative estimate of drug-likeness (QED) is 0.904. The molecule has 19 heavy (non-hydrogen) atoms. The highest BCUT2D eigenvalue weighted by Gasteiger charge is 2.23. The number of pyridine rings is 1. The molecule has 0 bridgehead atoms. The number of hydrogen-bond acceptors (Lipinski definition) is 5. The van der Waals surface area contributed by atoms with Gasteiger partial charge in [0.1, 0.15) is 4.90 Å². The van der Waals surface area contributed by atoms with Crippen molar-refractivity contribution in [3.63, 3.8) is 0 Å². The monoisotopic (exact) mass is 302 g/mol. The fraction of sp³-hybridized carbons (Fsp3) is 0.182. The number of aliphatic hydroxyl groups is 1. The minimum Gasteiger partial charge on any atom is -0.391 e. The maximum atomic E-state index is 13.4. The van der Waals surface area contributed by atoms with Crippen LogP contribution in [0.3, 0.4) is 0 Å². The van der Waals surface area contributed by atoms with Gasteiger partial charge in [-0.25, -0.2) is 12.8 Å². The second-order valence-corrected chi connectivity index (χ2v) is 6.37. The van der Waals surface area contributed by atoms with E-state index in [-0.39, 0.29) is 17.2 Å². The molecule has 0 unspecified atom stereocenters. The van der Waals surface area contributed by atoms with Crippen molar-refractivity contribution in [2.24, 2.45) is 0 Å². The van der Waals surface area contributed by atoms with Crippen LogP contribution in [0.2, 0.25) is 0 Å². The maximum absolute atomic E-state index is 13.4. The van der Waals surface area contributed by atoms with Gasteiger partial charge in [0.05, 0.1) is 23.4 Å². The number of aromatic nitrogens is 1. The van der Waals surface area contributed by atoms with Crippen LogP contribution in [0.1, 0.15) is 10.4 Å². The highest BCUT2D eigenvalue weighted by molar-refractivity contribution is 7.93. The molecule has 5 nitrogen and oxygen atoms in total. The highest BCUT2D eigenvalue weighted by atomic mass is 32.2. The van der Waals surface area contributed by atoms with Crippen LogP contribution in [-0.2, 0) is 16.6 Å². The standard InChI is InChI=1S/C11H11FN2O3S2/c1-7-6-18-10(5-15)11(7)19(16,17)14-9-2-3-13-4-8(9)12/h2-4,6,15H,5H2,1H3,(H,13,14). The molecule has 0 amide bonds. The Bertz CT molecular complexity index is 698. The number of rotatable bonds is 4. The highest BCUT2D eigenvalue weighted by Crippen LogP contribution is 2.28. The fourth-order valence-corrected chi connectivity index (χ4v) is 4.34. The van der Waals surface area contributed by atoms with E-state index in [9.17, 15) is 12.8 Å². The summed E-state index contributed by atoms with van der Waals surface area (Å²) in [7, 11) is -3.93. The number of hydrogen-bond donors (Lipinski definition) is 2. The number of halogens is 1. The SMILES string of the molecule is Cc1csc(CO)c1S(=O)(=O)Nc1ccncc1F. The van der Waals surface area contributed by atoms with Gasteiger partial charge in [0.15, 0.2) is 5.82 Å². The van der Waals surface area contributed by atoms with Crippen molar-refractivity contribution in [2.45, 2.75) is 18.4 Å². The first-order chi connectivity index (χ1) is 8.95. The van der Waals surface area contributed by atoms with E-state index in [2.05, 4.69) is 9.71 Å². The van der Waals surface area contributed by atoms with Crippen LogP contribution in [0.4, 0.5) is 10.1 Å². The van der Waals surface area contributed by atoms with E-state index in [0.717, 1.165) is 17.5 Å². The van der Waals surface area contributed by atoms with Crippen molar-refractivity contribution in [1.29, 1.82) is 0 Å². The van der Waals surface area contributed by atoms with Crippen LogP contribution in [0.25, 0.3) is 0 Å². The molecular weight excluding hydrogens is 291 g/mol. The lowest BCUT2D eigenvalue weighted by Gasteiger charge is -2.09. The van der Waals surface area contributed by atoms with Crippen LogP contribution < -0.4 is 4.72 Å². The average Bonchev–Trinajstić information content (AvgIpc) is 2.74. The van der Waals surface area contributed by atoms with E-state index in [1.807, 2.05) is 0 Å². The fourth-order valence-electron chi connectivity index (χ4n) is 1.61. The first kappa shape index (κ1) is 13.9. The van der Waals surface area contributed by atoms with E-state index in [1.54, 1.807) is 12.3 Å². The summed E-state index contributed by atoms with van der Waals surface area (Å²) in [6.07, 6.45) is 2.21. The van der Waals surface area contributed by atoms with Crippen molar-refractivity contribution in [3.8, 4) is 0 Å². The number of thiophene rings is 1. The molecule has 0 aromatic carbocycles. The van der Waals surface area contributed by atoms with Crippen molar-refractivity contribution in [2.75, 3.05) is 4.72 Å². The summed E-state index contributed by atoms with van der Waals surface area (Å²) in [4.78, 5) is 3.86. The van der Waals surface area contributed by atoms with Crippen molar-refractivity contribution < 1.29 is 17.9 Å². The number of aliphatic hydroxyl groups excluding tert-OH is 1. The van der Waals surface area contributed by atoms with Crippen molar-refractivity contribution in [3.05, 3.63) is 40.1 Å². The molecule has 0 saturated heterocycles. The number of sulfonamides is 1. The van der Waals surface area contributed by atoms with Crippen LogP contribution in [0.5, 0.6) is 0 Å². The molecule has 0 aliphatic carbocycles. The molecule has 0 aliphatic heterocycles. The van der Waals surface area contributed by atoms with Gasteiger partial charge in [-0.3, -0.25) is 9.71 Å². The second-order valence-electron chi connectivity index (χ2n) is 3.79. The van der Waals surface area contributed by atoms with E-state index >= 15 is 0 Å². The third kappa shape index (κ3) is 2.75. The summed E-state index contributed by atoms with van der Waals surface area (Å²) in [5.74, 6) is -0.760. The summed E-state index contributed by atoms with van der Waals surface area (Å²) in [6, 6.07) is 1.23. The average molecular weight is 302 g/mol. The van der Waals surface area contributed by atoms with Gasteiger partial charge in [0, 0.05) is 6.20 Å². The third-order valence-electron chi connectivity index (χ3n) is 2.42. The lowest BCUT2D eigenvalue weighted by molar-refractivity contribution is 0.282. The number of nitrogens with one attached hydrogen (secondary N) is 1. The third-order valence-corrected chi connectivity index (χ3v) is 5.23. The predicted octanol–water partition coefficient (Wildman–Crippen LogP) is 1.88. The first-order valence-electron chi connectivity index (χ1n) is 5.26. The molecule has 0 atom stereocenters. The Balaban J connectivity index is 2.44. The van der Waals surface area contributed by atoms with Gasteiger partial charge < -0.3 is 5.11 Å². The molecule has 0 aliphatic rings. The Labute approximate surface area is 113 Å². The molecule has 102 valence electrons. The summed E-state index contributed by atoms with van der Waals surface area (Å²) in [5, 5.41) is 10.8. The molecule has 2 aromatic rings. The Hall–Kier alpha value is -1.51. The largest absolute Gasteiger partial charge is 0.391 e. The van der Waals surface area contributed by atoms with E-state index in [0.29, 0.717) is 10.4 Å². The molecule has 2 heterocycles. The van der Waals surface area contributed by atoms with Gasteiger partial charge in [-0.1, -0.05) is 0 Å². The lowest BCUT2D eigenvalue weighted by atomic mass is 10.3. The van der Waals surface area contributed by atoms with Crippen LogP contribution in [0, 0.1) is 12.7 Å². The van der Waals surface area contributed by atoms with Gasteiger partial charge in [-0.2, -0.15) is 0 Å². The molecule has 0 spiro atoms. The summed E-state index contributed by atoms with van der Waals surface area (Å²) in [6.45, 7) is 1.24. The molecule has 8 heteroatoms. The van der Waals surface area contributed by atoms with E-state index in [4.69, 9.17) is 5.11 Å². The van der Waals surface area contributed by atoms with Gasteiger partial charge in [0.25, 0.3) is 10.0 Å². The maximum Gasteiger partial charge on any atom is 0.263 e. The second kappa shape index (κ2) is 5.24. The van der Waals surface area contributed by atoms with Crippen LogP contribution >= 0.6 is 11.3 Å². The summed E-state index contributed by atoms with van der Waals surface area (Å²) in [5.41, 5.74) is 0.334. The smallest absolute Gasteiger partial charge is 0.263 e. The summed E-state index contributed by atoms with van der Waals surface area (Å²) < 4.78 is 40.0. The number of aryl methyl sites for hydroxylation is 1. The van der Waals surface area contributed by atoms with Crippen LogP contribution in [-0.4, -0.2) is 18.5 Å². The Morgan fingerprint density at radius 2 is 2.26 bits per heavy atom. The number of nitrogens with zero attached hydrogens (tertiary/aromatic N) is 1. The molecule has 0 saturated carbocycles. The zero-order chi connectivity index (χ0) is 14.0. The molecule has 2 rings (SSSR count). The minimum absolute atomic E-state index is 0.00351. The first-order valence-corrected chi connectivity index (χ1v) is 7.62. The van der Waals surface area contributed by atoms with Gasteiger partial charge in [0.2, 0.25) is 0 Å². The molecule has 0 fully saturated rings. The van der Waals surface area contributed by atoms with Crippen LogP contribution in [0.15, 0.2) is 28.7 Å². The van der Waals surface area contributed by atoms with Crippen molar-refractivity contribution >= 4 is 27.0 Å². The predicted molar refractivity (Wildman–Crippen MR) is 70.0 cm³/mol. The Morgan fingerprint density at radius 1 is 1.53 bits per heavy atom. The van der Waals surface area contributed by atoms with Gasteiger partial charge in [-0.05, 0) is 23.9 Å². The topological polar surface area (TPSA) is 79.3 Å². The molecule has 2 aromatic heterocycles. The zero-order valence-electron chi connectivity index (χ0n) is 9.92. The van der Waals surface area contributed by atoms with Crippen molar-refractivity contribution in [1.82, 2.24) is 4.98 Å². The van der Waals surface area contributed by atoms with E-state index < -0.39 is 15.8 Å². The minimum atomic E-state index is -3.93. The molecule has 0 radical (unpaired) electrons. The molecule has 2 N–H and O–H groups in total. The molecular formula is C11H11FN2O3S2. The Morgan fingerprint density at radius 3 is 2.89 bits per heavy atom. The normalized spacial score (nSPS) is 11.5. The van der Waals surface area contributed by atoms with Gasteiger partial charge in [-0.15, -0.1) is 11.3 Å². The Kier molecular flexibility index (Phi) is 3.83. The number of anilines is 1. The van der Waals surface area contributed by atoms with Gasteiger partial charge >= 0.3 is 0 Å². The van der Waals surface area contributed by atoms with E-state index in [1.165, 1.54) is 12.3 Å². The zero-order valence-corrected chi connectivity index (χ0v) is 11.6. The lowest BCUT2D eigenvalue weighted by Crippen LogP contribution is -2.15.